The van der Waals surface area contributed by atoms with E-state index in [1.807, 2.05) is 6.07 Å². The van der Waals surface area contributed by atoms with Crippen molar-refractivity contribution in [2.75, 3.05) is 0 Å². The minimum atomic E-state index is -0.573. The highest BCUT2D eigenvalue weighted by atomic mass is 32.1. The number of benzene rings is 2. The number of carbonyl (C=O) groups excluding carboxylic acids is 1. The maximum absolute atomic E-state index is 12.9. The number of hydrogen-bond donors (Lipinski definition) is 0. The molecule has 26 heavy (non-hydrogen) atoms. The third-order valence-electron chi connectivity index (χ3n) is 3.41. The first-order chi connectivity index (χ1) is 12.6. The molecule has 1 heterocycles. The molecule has 2 aromatic carbocycles. The minimum absolute atomic E-state index is 0.152. The van der Waals surface area contributed by atoms with Crippen LogP contribution < -0.4 is 9.47 Å². The predicted molar refractivity (Wildman–Crippen MR) is 93.7 cm³/mol. The number of ether oxygens (including phenoxy) is 2. The summed E-state index contributed by atoms with van der Waals surface area (Å²) in [6.07, 6.45) is 0. The van der Waals surface area contributed by atoms with E-state index >= 15 is 0 Å². The van der Waals surface area contributed by atoms with E-state index in [2.05, 4.69) is 4.98 Å². The number of thiazole rings is 1. The molecule has 0 aliphatic rings. The lowest BCUT2D eigenvalue weighted by Crippen LogP contribution is -2.09. The molecule has 0 saturated carbocycles. The molecule has 3 rings (SSSR count). The van der Waals surface area contributed by atoms with Gasteiger partial charge in [-0.2, -0.15) is 5.26 Å². The van der Waals surface area contributed by atoms with E-state index in [-0.39, 0.29) is 23.7 Å². The summed E-state index contributed by atoms with van der Waals surface area (Å²) in [4.78, 5) is 17.0. The van der Waals surface area contributed by atoms with Gasteiger partial charge < -0.3 is 9.47 Å². The van der Waals surface area contributed by atoms with Crippen molar-refractivity contribution in [1.82, 2.24) is 4.98 Å². The van der Waals surface area contributed by atoms with Crippen molar-refractivity contribution in [1.29, 1.82) is 5.26 Å². The van der Waals surface area contributed by atoms with Gasteiger partial charge in [0.05, 0.1) is 11.3 Å². The topological polar surface area (TPSA) is 72.2 Å². The van der Waals surface area contributed by atoms with Crippen LogP contribution in [0.15, 0.2) is 48.5 Å². The van der Waals surface area contributed by atoms with Crippen LogP contribution in [0.4, 0.5) is 4.39 Å². The zero-order chi connectivity index (χ0) is 18.5. The number of nitrogens with zero attached hydrogens (tertiary/aromatic N) is 2. The Labute approximate surface area is 153 Å². The summed E-state index contributed by atoms with van der Waals surface area (Å²) in [6.45, 7) is 1.85. The summed E-state index contributed by atoms with van der Waals surface area (Å²) in [5.74, 6) is -0.205. The Morgan fingerprint density at radius 1 is 1.23 bits per heavy atom. The number of nitriles is 1. The van der Waals surface area contributed by atoms with Crippen molar-refractivity contribution in [3.8, 4) is 17.6 Å². The lowest BCUT2D eigenvalue weighted by atomic mass is 10.2. The lowest BCUT2D eigenvalue weighted by Gasteiger charge is -2.04. The molecule has 7 heteroatoms. The third-order valence-corrected chi connectivity index (χ3v) is 4.52. The van der Waals surface area contributed by atoms with Crippen LogP contribution in [-0.4, -0.2) is 11.0 Å². The molecule has 1 aromatic heterocycles. The lowest BCUT2D eigenvalue weighted by molar-refractivity contribution is 0.0738. The first-order valence-corrected chi connectivity index (χ1v) is 8.44. The van der Waals surface area contributed by atoms with Crippen molar-refractivity contribution in [2.45, 2.75) is 13.5 Å². The van der Waals surface area contributed by atoms with E-state index in [0.29, 0.717) is 21.3 Å². The number of carbonyl (C=O) groups is 1. The van der Waals surface area contributed by atoms with Crippen molar-refractivity contribution >= 4 is 17.3 Å². The molecular formula is C19H13FN2O3S. The Bertz CT molecular complexity index is 977. The number of esters is 1. The number of hydrogen-bond acceptors (Lipinski definition) is 6. The smallest absolute Gasteiger partial charge is 0.355 e. The van der Waals surface area contributed by atoms with E-state index < -0.39 is 5.97 Å². The van der Waals surface area contributed by atoms with E-state index in [0.717, 1.165) is 11.3 Å². The Hall–Kier alpha value is -3.24. The van der Waals surface area contributed by atoms with Crippen LogP contribution in [0.1, 0.15) is 25.9 Å². The second kappa shape index (κ2) is 7.76. The van der Waals surface area contributed by atoms with Crippen LogP contribution in [0, 0.1) is 24.1 Å². The Morgan fingerprint density at radius 2 is 1.96 bits per heavy atom. The molecule has 130 valence electrons. The van der Waals surface area contributed by atoms with E-state index in [4.69, 9.17) is 14.7 Å². The number of rotatable bonds is 5. The molecule has 3 aromatic rings. The van der Waals surface area contributed by atoms with Crippen LogP contribution in [0.3, 0.4) is 0 Å². The summed E-state index contributed by atoms with van der Waals surface area (Å²) in [6, 6.07) is 14.1. The van der Waals surface area contributed by atoms with Crippen molar-refractivity contribution in [3.63, 3.8) is 0 Å². The van der Waals surface area contributed by atoms with Gasteiger partial charge >= 0.3 is 5.97 Å². The quantitative estimate of drug-likeness (QED) is 0.497. The highest BCUT2D eigenvalue weighted by Gasteiger charge is 2.19. The van der Waals surface area contributed by atoms with Gasteiger partial charge in [-0.3, -0.25) is 0 Å². The highest BCUT2D eigenvalue weighted by molar-refractivity contribution is 7.13. The van der Waals surface area contributed by atoms with Crippen molar-refractivity contribution in [3.05, 3.63) is 75.5 Å². The predicted octanol–water partition coefficient (Wildman–Crippen LogP) is 4.26. The van der Waals surface area contributed by atoms with Gasteiger partial charge in [0.2, 0.25) is 0 Å². The fourth-order valence-electron chi connectivity index (χ4n) is 2.17. The molecule has 0 amide bonds. The second-order valence-corrected chi connectivity index (χ2v) is 6.35. The van der Waals surface area contributed by atoms with Crippen molar-refractivity contribution in [2.24, 2.45) is 0 Å². The van der Waals surface area contributed by atoms with E-state index in [1.54, 1.807) is 31.2 Å². The first kappa shape index (κ1) is 17.6. The monoisotopic (exact) mass is 368 g/mol. The molecule has 0 unspecified atom stereocenters. The number of para-hydroxylation sites is 1. The summed E-state index contributed by atoms with van der Waals surface area (Å²) in [5, 5.41) is 9.66. The summed E-state index contributed by atoms with van der Waals surface area (Å²) >= 11 is 1.16. The number of halogens is 1. The number of aryl methyl sites for hydroxylation is 1. The van der Waals surface area contributed by atoms with Gasteiger partial charge in [-0.1, -0.05) is 12.1 Å². The van der Waals surface area contributed by atoms with Crippen LogP contribution in [-0.2, 0) is 6.61 Å². The first-order valence-electron chi connectivity index (χ1n) is 7.63. The highest BCUT2D eigenvalue weighted by Crippen LogP contribution is 2.24. The molecule has 0 spiro atoms. The average Bonchev–Trinajstić information content (AvgIpc) is 3.02. The molecule has 0 aliphatic heterocycles. The Balaban J connectivity index is 1.70. The minimum Gasteiger partial charge on any atom is -0.486 e. The average molecular weight is 368 g/mol. The van der Waals surface area contributed by atoms with E-state index in [9.17, 15) is 9.18 Å². The SMILES string of the molecule is Cc1nc(COc2ccc(F)cc2)sc1C(=O)Oc1ccccc1C#N. The van der Waals surface area contributed by atoms with Crippen LogP contribution in [0.5, 0.6) is 11.5 Å². The largest absolute Gasteiger partial charge is 0.486 e. The van der Waals surface area contributed by atoms with Gasteiger partial charge in [-0.15, -0.1) is 11.3 Å². The summed E-state index contributed by atoms with van der Waals surface area (Å²) in [5.41, 5.74) is 0.801. The fourth-order valence-corrected chi connectivity index (χ4v) is 3.03. The molecule has 0 radical (unpaired) electrons. The normalized spacial score (nSPS) is 10.2. The third kappa shape index (κ3) is 4.05. The fraction of sp³-hybridized carbons (Fsp3) is 0.105. The molecule has 0 aliphatic carbocycles. The maximum atomic E-state index is 12.9. The molecule has 5 nitrogen and oxygen atoms in total. The van der Waals surface area contributed by atoms with Gasteiger partial charge in [0.15, 0.2) is 0 Å². The van der Waals surface area contributed by atoms with Crippen LogP contribution in [0.2, 0.25) is 0 Å². The van der Waals surface area contributed by atoms with Crippen LogP contribution in [0.25, 0.3) is 0 Å². The molecule has 0 atom stereocenters. The zero-order valence-corrected chi connectivity index (χ0v) is 14.5. The Morgan fingerprint density at radius 3 is 2.69 bits per heavy atom. The maximum Gasteiger partial charge on any atom is 0.355 e. The number of aromatic nitrogens is 1. The van der Waals surface area contributed by atoms with Gasteiger partial charge in [0.1, 0.15) is 39.9 Å². The van der Waals surface area contributed by atoms with Crippen LogP contribution >= 0.6 is 11.3 Å². The zero-order valence-electron chi connectivity index (χ0n) is 13.7. The Kier molecular flexibility index (Phi) is 5.25. The standard InChI is InChI=1S/C19H13FN2O3S/c1-12-18(19(23)25-16-5-3-2-4-13(16)10-21)26-17(22-12)11-24-15-8-6-14(20)7-9-15/h2-9H,11H2,1H3. The summed E-state index contributed by atoms with van der Waals surface area (Å²) in [7, 11) is 0. The van der Waals surface area contributed by atoms with Gasteiger partial charge in [-0.05, 0) is 43.3 Å². The van der Waals surface area contributed by atoms with E-state index in [1.165, 1.54) is 24.3 Å². The van der Waals surface area contributed by atoms with Gasteiger partial charge in [0.25, 0.3) is 0 Å². The van der Waals surface area contributed by atoms with Crippen molar-refractivity contribution < 1.29 is 18.7 Å². The van der Waals surface area contributed by atoms with Gasteiger partial charge in [0, 0.05) is 0 Å². The summed E-state index contributed by atoms with van der Waals surface area (Å²) < 4.78 is 23.7. The molecule has 0 bridgehead atoms. The molecular weight excluding hydrogens is 355 g/mol. The second-order valence-electron chi connectivity index (χ2n) is 5.26. The molecule has 0 saturated heterocycles. The van der Waals surface area contributed by atoms with Gasteiger partial charge in [-0.25, -0.2) is 14.2 Å². The molecule has 0 N–H and O–H groups in total. The molecule has 0 fully saturated rings.